The lowest BCUT2D eigenvalue weighted by Crippen LogP contribution is -2.41. The monoisotopic (exact) mass is 397 g/mol. The summed E-state index contributed by atoms with van der Waals surface area (Å²) in [5, 5.41) is 0. The molecule has 4 nitrogen and oxygen atoms in total. The molecule has 2 aromatic carbocycles. The van der Waals surface area contributed by atoms with Crippen LogP contribution in [0, 0.1) is 0 Å². The minimum absolute atomic E-state index is 0.0477. The first-order valence-corrected chi connectivity index (χ1v) is 10.2. The summed E-state index contributed by atoms with van der Waals surface area (Å²) in [6.45, 7) is 0.0477. The van der Waals surface area contributed by atoms with Crippen molar-refractivity contribution in [3.8, 4) is 0 Å². The zero-order valence-corrected chi connectivity index (χ0v) is 15.1. The minimum Gasteiger partial charge on any atom is -0.330 e. The van der Waals surface area contributed by atoms with Crippen LogP contribution in [0.1, 0.15) is 27.9 Å². The van der Waals surface area contributed by atoms with E-state index in [-0.39, 0.29) is 24.5 Å². The normalized spacial score (nSPS) is 19.0. The van der Waals surface area contributed by atoms with Gasteiger partial charge in [0.25, 0.3) is 5.91 Å². The number of hydrogen-bond acceptors (Lipinski definition) is 3. The summed E-state index contributed by atoms with van der Waals surface area (Å²) in [6, 6.07) is 12.7. The van der Waals surface area contributed by atoms with Gasteiger partial charge in [0.05, 0.1) is 22.6 Å². The average molecular weight is 397 g/mol. The topological polar surface area (TPSA) is 54.5 Å². The SMILES string of the molecule is O=C(c1ccccc1C(F)(F)F)N(Cc1ccccc1)C1CCS(=O)(=O)C1. The predicted molar refractivity (Wildman–Crippen MR) is 94.8 cm³/mol. The molecule has 1 aliphatic heterocycles. The molecule has 144 valence electrons. The van der Waals surface area contributed by atoms with Gasteiger partial charge in [0.2, 0.25) is 0 Å². The third kappa shape index (κ3) is 4.50. The molecular weight excluding hydrogens is 379 g/mol. The minimum atomic E-state index is -4.67. The maximum absolute atomic E-state index is 13.3. The fourth-order valence-electron chi connectivity index (χ4n) is 3.24. The molecule has 0 spiro atoms. The molecule has 2 aromatic rings. The fraction of sp³-hybridized carbons (Fsp3) is 0.316. The number of carbonyl (C=O) groups is 1. The molecule has 1 unspecified atom stereocenters. The number of benzene rings is 2. The Labute approximate surface area is 155 Å². The summed E-state index contributed by atoms with van der Waals surface area (Å²) in [7, 11) is -3.30. The quantitative estimate of drug-likeness (QED) is 0.793. The van der Waals surface area contributed by atoms with Gasteiger partial charge in [-0.05, 0) is 24.1 Å². The van der Waals surface area contributed by atoms with E-state index in [1.54, 1.807) is 30.3 Å². The molecule has 1 aliphatic rings. The highest BCUT2D eigenvalue weighted by Gasteiger charge is 2.39. The van der Waals surface area contributed by atoms with Crippen LogP contribution in [0.5, 0.6) is 0 Å². The molecule has 0 radical (unpaired) electrons. The third-order valence-corrected chi connectivity index (χ3v) is 6.32. The van der Waals surface area contributed by atoms with E-state index in [9.17, 15) is 26.4 Å². The maximum atomic E-state index is 13.3. The van der Waals surface area contributed by atoms with Gasteiger partial charge in [0, 0.05) is 12.6 Å². The molecule has 0 N–H and O–H groups in total. The molecule has 27 heavy (non-hydrogen) atoms. The molecule has 3 rings (SSSR count). The van der Waals surface area contributed by atoms with Gasteiger partial charge in [-0.25, -0.2) is 8.42 Å². The Morgan fingerprint density at radius 1 is 1.04 bits per heavy atom. The van der Waals surface area contributed by atoms with Crippen LogP contribution in [0.4, 0.5) is 13.2 Å². The third-order valence-electron chi connectivity index (χ3n) is 4.57. The fourth-order valence-corrected chi connectivity index (χ4v) is 4.97. The molecular formula is C19H18F3NO3S. The van der Waals surface area contributed by atoms with Gasteiger partial charge in [-0.1, -0.05) is 42.5 Å². The molecule has 0 aliphatic carbocycles. The van der Waals surface area contributed by atoms with E-state index in [1.165, 1.54) is 17.0 Å². The number of amides is 1. The van der Waals surface area contributed by atoms with E-state index in [4.69, 9.17) is 0 Å². The number of hydrogen-bond donors (Lipinski definition) is 0. The van der Waals surface area contributed by atoms with E-state index >= 15 is 0 Å². The van der Waals surface area contributed by atoms with Crippen molar-refractivity contribution >= 4 is 15.7 Å². The number of carbonyl (C=O) groups excluding carboxylic acids is 1. The molecule has 0 bridgehead atoms. The smallest absolute Gasteiger partial charge is 0.330 e. The Morgan fingerprint density at radius 3 is 2.26 bits per heavy atom. The molecule has 8 heteroatoms. The Hall–Kier alpha value is -2.35. The number of nitrogens with zero attached hydrogens (tertiary/aromatic N) is 1. The summed E-state index contributed by atoms with van der Waals surface area (Å²) >= 11 is 0. The number of alkyl halides is 3. The molecule has 1 saturated heterocycles. The van der Waals surface area contributed by atoms with Crippen LogP contribution in [-0.4, -0.2) is 36.8 Å². The molecule has 1 atom stereocenters. The van der Waals surface area contributed by atoms with E-state index in [2.05, 4.69) is 0 Å². The average Bonchev–Trinajstić information content (AvgIpc) is 2.99. The van der Waals surface area contributed by atoms with Crippen molar-refractivity contribution in [2.24, 2.45) is 0 Å². The van der Waals surface area contributed by atoms with Crippen molar-refractivity contribution in [3.05, 3.63) is 71.3 Å². The molecule has 1 fully saturated rings. The summed E-state index contributed by atoms with van der Waals surface area (Å²) in [5.74, 6) is -1.12. The summed E-state index contributed by atoms with van der Waals surface area (Å²) < 4.78 is 63.7. The van der Waals surface area contributed by atoms with Crippen LogP contribution in [0.25, 0.3) is 0 Å². The van der Waals surface area contributed by atoms with Gasteiger partial charge in [0.15, 0.2) is 9.84 Å². The highest BCUT2D eigenvalue weighted by Crippen LogP contribution is 2.33. The number of halogens is 3. The summed E-state index contributed by atoms with van der Waals surface area (Å²) in [6.07, 6.45) is -4.46. The van der Waals surface area contributed by atoms with E-state index in [0.29, 0.717) is 0 Å². The Balaban J connectivity index is 1.99. The molecule has 1 heterocycles. The first-order valence-electron chi connectivity index (χ1n) is 8.39. The second-order valence-corrected chi connectivity index (χ2v) is 8.75. The van der Waals surface area contributed by atoms with Crippen molar-refractivity contribution in [1.29, 1.82) is 0 Å². The van der Waals surface area contributed by atoms with Crippen molar-refractivity contribution in [3.63, 3.8) is 0 Å². The predicted octanol–water partition coefficient (Wildman–Crippen LogP) is 3.53. The lowest BCUT2D eigenvalue weighted by atomic mass is 10.0. The largest absolute Gasteiger partial charge is 0.417 e. The van der Waals surface area contributed by atoms with Crippen LogP contribution in [0.2, 0.25) is 0 Å². The second-order valence-electron chi connectivity index (χ2n) is 6.52. The van der Waals surface area contributed by atoms with Crippen molar-refractivity contribution in [1.82, 2.24) is 4.90 Å². The van der Waals surface area contributed by atoms with Crippen LogP contribution in [0.15, 0.2) is 54.6 Å². The van der Waals surface area contributed by atoms with Gasteiger partial charge in [-0.15, -0.1) is 0 Å². The van der Waals surface area contributed by atoms with E-state index in [1.807, 2.05) is 0 Å². The van der Waals surface area contributed by atoms with Gasteiger partial charge in [-0.3, -0.25) is 4.79 Å². The Bertz CT molecular complexity index is 927. The lowest BCUT2D eigenvalue weighted by Gasteiger charge is -2.29. The van der Waals surface area contributed by atoms with Crippen LogP contribution < -0.4 is 0 Å². The molecule has 0 saturated carbocycles. The first kappa shape index (κ1) is 19.4. The van der Waals surface area contributed by atoms with Crippen molar-refractivity contribution in [2.75, 3.05) is 11.5 Å². The lowest BCUT2D eigenvalue weighted by molar-refractivity contribution is -0.138. The van der Waals surface area contributed by atoms with Gasteiger partial charge in [-0.2, -0.15) is 13.2 Å². The van der Waals surface area contributed by atoms with Gasteiger partial charge >= 0.3 is 6.18 Å². The first-order chi connectivity index (χ1) is 12.7. The van der Waals surface area contributed by atoms with E-state index in [0.717, 1.165) is 17.7 Å². The zero-order valence-electron chi connectivity index (χ0n) is 14.3. The van der Waals surface area contributed by atoms with Crippen LogP contribution in [-0.2, 0) is 22.6 Å². The second kappa shape index (κ2) is 7.34. The Kier molecular flexibility index (Phi) is 5.28. The van der Waals surface area contributed by atoms with Crippen LogP contribution >= 0.6 is 0 Å². The number of sulfone groups is 1. The highest BCUT2D eigenvalue weighted by molar-refractivity contribution is 7.91. The summed E-state index contributed by atoms with van der Waals surface area (Å²) in [4.78, 5) is 14.3. The summed E-state index contributed by atoms with van der Waals surface area (Å²) in [5.41, 5.74) is -0.765. The zero-order chi connectivity index (χ0) is 19.7. The number of rotatable bonds is 4. The van der Waals surface area contributed by atoms with Crippen molar-refractivity contribution < 1.29 is 26.4 Å². The standard InChI is InChI=1S/C19H18F3NO3S/c20-19(21,22)17-9-5-4-8-16(17)18(24)23(12-14-6-2-1-3-7-14)15-10-11-27(25,26)13-15/h1-9,15H,10-13H2. The van der Waals surface area contributed by atoms with Gasteiger partial charge in [0.1, 0.15) is 0 Å². The highest BCUT2D eigenvalue weighted by atomic mass is 32.2. The van der Waals surface area contributed by atoms with E-state index < -0.39 is 39.1 Å². The van der Waals surface area contributed by atoms with Crippen LogP contribution in [0.3, 0.4) is 0 Å². The molecule has 0 aromatic heterocycles. The van der Waals surface area contributed by atoms with Crippen molar-refractivity contribution in [2.45, 2.75) is 25.2 Å². The molecule has 1 amide bonds. The van der Waals surface area contributed by atoms with Gasteiger partial charge < -0.3 is 4.90 Å². The maximum Gasteiger partial charge on any atom is 0.417 e. The Morgan fingerprint density at radius 2 is 1.67 bits per heavy atom.